The number of carbonyl (C=O) groups is 2. The van der Waals surface area contributed by atoms with E-state index >= 15 is 8.78 Å². The molecule has 0 spiro atoms. The van der Waals surface area contributed by atoms with Gasteiger partial charge in [0.15, 0.2) is 0 Å². The molecule has 0 fully saturated rings. The smallest absolute Gasteiger partial charge is 0.379 e. The van der Waals surface area contributed by atoms with E-state index in [1.165, 1.54) is 96.1 Å². The van der Waals surface area contributed by atoms with Gasteiger partial charge in [-0.3, -0.25) is 28.5 Å². The minimum atomic E-state index is -4.75. The van der Waals surface area contributed by atoms with Crippen LogP contribution < -0.4 is 0 Å². The fourth-order valence-corrected chi connectivity index (χ4v) is 15.7. The second-order valence-corrected chi connectivity index (χ2v) is 33.8. The van der Waals surface area contributed by atoms with Crippen molar-refractivity contribution in [3.05, 3.63) is 38.0 Å². The summed E-state index contributed by atoms with van der Waals surface area (Å²) in [6.07, 6.45) is -30.1. The summed E-state index contributed by atoms with van der Waals surface area (Å²) >= 11 is 0. The first-order chi connectivity index (χ1) is 47.0. The molecule has 0 aliphatic carbocycles. The first-order valence-corrected chi connectivity index (χ1v) is 38.3. The van der Waals surface area contributed by atoms with Crippen molar-refractivity contribution < 1.29 is 171 Å². The molecule has 0 atom stereocenters. The van der Waals surface area contributed by atoms with Crippen LogP contribution in [0.2, 0.25) is 18.1 Å². The van der Waals surface area contributed by atoms with Gasteiger partial charge >= 0.3 is 84.8 Å². The maximum atomic E-state index is 15.5. The van der Waals surface area contributed by atoms with E-state index in [-0.39, 0.29) is 103 Å². The average molecular weight is 1600 g/mol. The predicted octanol–water partition coefficient (Wildman–Crippen LogP) is 11.9. The largest absolute Gasteiger partial charge is 0.500 e. The SMILES string of the molecule is C=CCC(CC=C)(CC=C)CN(CC(F)(F)OC(F)(F)COCC)C(=O)COCC(F)(F)OC(C)(F)F.CCOCC(F)(F)OC(F)(F)CN(CC(CCC[Si](OC)(OC)OC)(CCC[Si](OC)(OC)OC)CCC[Si](OC)(OC)OC)C(=O)COCC(F)(F)OC(C)(F)F.CO[SiH](OC)OC. The van der Waals surface area contributed by atoms with Gasteiger partial charge in [-0.05, 0) is 82.5 Å². The lowest BCUT2D eigenvalue weighted by Gasteiger charge is -2.41. The molecule has 102 heavy (non-hydrogen) atoms. The van der Waals surface area contributed by atoms with Gasteiger partial charge in [0.1, 0.15) is 52.7 Å². The molecule has 0 aromatic rings. The lowest BCUT2D eigenvalue weighted by Crippen LogP contribution is -2.51. The Balaban J connectivity index is -0.00000189. The van der Waals surface area contributed by atoms with Crippen molar-refractivity contribution in [1.82, 2.24) is 9.80 Å². The zero-order valence-corrected chi connectivity index (χ0v) is 65.0. The Morgan fingerprint density at radius 1 is 0.373 bits per heavy atom. The Morgan fingerprint density at radius 3 is 0.833 bits per heavy atom. The molecule has 0 radical (unpaired) electrons. The number of halogens is 16. The molecule has 0 aliphatic rings. The van der Waals surface area contributed by atoms with E-state index in [4.69, 9.17) is 57.8 Å². The predicted molar refractivity (Wildman–Crippen MR) is 343 cm³/mol. The van der Waals surface area contributed by atoms with Crippen molar-refractivity contribution in [1.29, 1.82) is 0 Å². The molecule has 0 unspecified atom stereocenters. The molecule has 0 aromatic heterocycles. The molecular weight excluding hydrogens is 1490 g/mol. The molecule has 0 heterocycles. The van der Waals surface area contributed by atoms with Gasteiger partial charge in [-0.1, -0.05) is 18.2 Å². The molecule has 608 valence electrons. The molecule has 0 bridgehead atoms. The van der Waals surface area contributed by atoms with Crippen LogP contribution in [0.3, 0.4) is 0 Å². The number of ether oxygens (including phenoxy) is 8. The monoisotopic (exact) mass is 1600 g/mol. The van der Waals surface area contributed by atoms with Crippen molar-refractivity contribution in [2.75, 3.05) is 164 Å². The van der Waals surface area contributed by atoms with Crippen LogP contribution in [0.15, 0.2) is 38.0 Å². The Labute approximate surface area is 592 Å². The van der Waals surface area contributed by atoms with Gasteiger partial charge in [-0.2, -0.15) is 70.2 Å². The Kier molecular flexibility index (Phi) is 49.8. The van der Waals surface area contributed by atoms with Crippen LogP contribution in [0.1, 0.15) is 85.5 Å². The van der Waals surface area contributed by atoms with E-state index in [1.54, 1.807) is 21.3 Å². The highest BCUT2D eigenvalue weighted by Gasteiger charge is 2.51. The third-order valence-corrected chi connectivity index (χ3v) is 24.0. The minimum Gasteiger partial charge on any atom is -0.379 e. The van der Waals surface area contributed by atoms with Gasteiger partial charge in [0.2, 0.25) is 11.8 Å². The quantitative estimate of drug-likeness (QED) is 0.0313. The Hall–Kier alpha value is -2.89. The third-order valence-electron chi connectivity index (χ3n) is 14.4. The lowest BCUT2D eigenvalue weighted by atomic mass is 9.75. The van der Waals surface area contributed by atoms with E-state index in [0.717, 1.165) is 0 Å². The summed E-state index contributed by atoms with van der Waals surface area (Å²) in [6.45, 7) is -0.988. The van der Waals surface area contributed by atoms with Crippen molar-refractivity contribution in [3.8, 4) is 0 Å². The summed E-state index contributed by atoms with van der Waals surface area (Å²) in [4.78, 5) is 27.3. The summed E-state index contributed by atoms with van der Waals surface area (Å²) < 4.78 is 320. The van der Waals surface area contributed by atoms with Crippen molar-refractivity contribution >= 4 is 47.8 Å². The van der Waals surface area contributed by atoms with Crippen LogP contribution >= 0.6 is 0 Å². The molecule has 0 aliphatic heterocycles. The van der Waals surface area contributed by atoms with E-state index in [2.05, 4.69) is 52.9 Å². The Bertz CT molecular complexity index is 2170. The van der Waals surface area contributed by atoms with Crippen LogP contribution in [0.25, 0.3) is 0 Å². The summed E-state index contributed by atoms with van der Waals surface area (Å²) in [5.74, 6) is -2.73. The van der Waals surface area contributed by atoms with Gasteiger partial charge in [-0.25, -0.2) is 0 Å². The second-order valence-electron chi connectivity index (χ2n) is 22.5. The zero-order valence-electron chi connectivity index (χ0n) is 60.8. The molecular formula is C58H106F16N2O22Si4. The summed E-state index contributed by atoms with van der Waals surface area (Å²) in [5, 5.41) is 0. The highest BCUT2D eigenvalue weighted by atomic mass is 28.4. The summed E-state index contributed by atoms with van der Waals surface area (Å²) in [6, 6.07) is 0.611. The molecule has 0 saturated heterocycles. The third kappa shape index (κ3) is 44.4. The van der Waals surface area contributed by atoms with Gasteiger partial charge in [0.05, 0.1) is 0 Å². The molecule has 44 heteroatoms. The number of alkyl halides is 16. The van der Waals surface area contributed by atoms with E-state index < -0.39 is 173 Å². The summed E-state index contributed by atoms with van der Waals surface area (Å²) in [7, 11) is 5.83. The molecule has 24 nitrogen and oxygen atoms in total. The average Bonchev–Trinajstić information content (AvgIpc) is 0.817. The minimum absolute atomic E-state index is 0.0477. The number of rotatable bonds is 60. The van der Waals surface area contributed by atoms with Gasteiger partial charge in [-0.15, -0.1) is 19.7 Å². The van der Waals surface area contributed by atoms with Crippen LogP contribution in [0.5, 0.6) is 0 Å². The van der Waals surface area contributed by atoms with Crippen LogP contribution in [-0.4, -0.2) is 271 Å². The zero-order chi connectivity index (χ0) is 79.6. The highest BCUT2D eigenvalue weighted by Crippen LogP contribution is 2.43. The normalized spacial score (nSPS) is 13.5. The van der Waals surface area contributed by atoms with Gasteiger partial charge in [0, 0.05) is 144 Å². The van der Waals surface area contributed by atoms with Gasteiger partial charge < -0.3 is 81.9 Å². The van der Waals surface area contributed by atoms with Crippen molar-refractivity contribution in [3.63, 3.8) is 0 Å². The molecule has 0 N–H and O–H groups in total. The summed E-state index contributed by atoms with van der Waals surface area (Å²) in [5.41, 5.74) is -2.21. The fraction of sp³-hybridized carbons (Fsp3) is 0.862. The lowest BCUT2D eigenvalue weighted by molar-refractivity contribution is -0.387. The first-order valence-electron chi connectivity index (χ1n) is 31.1. The Morgan fingerprint density at radius 2 is 0.618 bits per heavy atom. The van der Waals surface area contributed by atoms with Crippen LogP contribution in [0.4, 0.5) is 70.2 Å². The van der Waals surface area contributed by atoms with Crippen molar-refractivity contribution in [2.45, 2.75) is 152 Å². The maximum absolute atomic E-state index is 15.5. The molecule has 0 saturated carbocycles. The maximum Gasteiger partial charge on any atom is 0.500 e. The standard InChI is InChI=1S/C32H63F8NO14Si3.C23H33F8NO5.C3H10O3Si/c1-12-52-25-32(39,40)55-30(35,36)24-41(27(42)22-53-26-31(37,38)54-28(2,33)34)23-29(16-13-19-56(43-3,44-4)45-5,17-14-20-57(46-6,47-7)48-8)18-15-21-58(49-9,50-10)51-11;1-6-10-20(11-7-2,12-8-3)14-32(15-21(26,27)37-23(30,31)16-34-9-4)18(33)13-35-17-22(28,29)36-19(5,24)25;1-4-7(5-2)6-3/h12-26H2,1-11H3;6-8H,1-3,9-17H2,4-5H3;7H,1-3H3. The number of carbonyl (C=O) groups excluding carboxylic acids is 2. The number of amides is 2. The first kappa shape index (κ1) is 103. The number of nitrogens with zero attached hydrogens (tertiary/aromatic N) is 2. The fourth-order valence-electron chi connectivity index (χ4n) is 9.97. The highest BCUT2D eigenvalue weighted by molar-refractivity contribution is 6.61. The van der Waals surface area contributed by atoms with Gasteiger partial charge in [0.25, 0.3) is 0 Å². The second kappa shape index (κ2) is 49.2. The van der Waals surface area contributed by atoms with Crippen molar-refractivity contribution in [2.24, 2.45) is 10.8 Å². The topological polar surface area (TPSA) is 225 Å². The molecule has 0 aromatic carbocycles. The van der Waals surface area contributed by atoms with E-state index in [1.807, 2.05) is 0 Å². The van der Waals surface area contributed by atoms with Crippen LogP contribution in [0, 0.1) is 10.8 Å². The number of hydrogen-bond acceptors (Lipinski definition) is 22. The number of hydrogen-bond donors (Lipinski definition) is 0. The van der Waals surface area contributed by atoms with E-state index in [9.17, 15) is 71.1 Å². The molecule has 2 amide bonds. The number of allylic oxidation sites excluding steroid dienone is 3. The van der Waals surface area contributed by atoms with Crippen LogP contribution in [-0.2, 0) is 101 Å². The van der Waals surface area contributed by atoms with E-state index in [0.29, 0.717) is 9.80 Å². The molecule has 0 rings (SSSR count).